The van der Waals surface area contributed by atoms with Gasteiger partial charge in [0.1, 0.15) is 0 Å². The molecule has 2 nitrogen and oxygen atoms in total. The van der Waals surface area contributed by atoms with E-state index in [-0.39, 0.29) is 170 Å². The van der Waals surface area contributed by atoms with Crippen LogP contribution >= 0.6 is 0 Å². The molecule has 0 unspecified atom stereocenters. The topological polar surface area (TPSA) is 24.7 Å². The molecule has 10 rings (SSSR count). The minimum atomic E-state index is -0.265. The van der Waals surface area contributed by atoms with E-state index in [0.717, 1.165) is 5.70 Å². The molecule has 0 saturated heterocycles. The van der Waals surface area contributed by atoms with E-state index in [0.29, 0.717) is 0 Å². The van der Waals surface area contributed by atoms with Gasteiger partial charge in [-0.1, -0.05) is 62.7 Å². The molecule has 306 valence electrons. The van der Waals surface area contributed by atoms with Crippen molar-refractivity contribution in [2.24, 2.45) is 9.98 Å². The van der Waals surface area contributed by atoms with Gasteiger partial charge in [-0.15, -0.1) is 99.9 Å². The summed E-state index contributed by atoms with van der Waals surface area (Å²) in [5.74, 6) is 0. The number of nitrogens with zero attached hydrogens (tertiary/aromatic N) is 2. The number of aryl methyl sites for hydroxylation is 1. The van der Waals surface area contributed by atoms with Crippen LogP contribution in [0, 0.1) is 6.92 Å². The molecule has 0 bridgehead atoms. The van der Waals surface area contributed by atoms with Crippen LogP contribution in [0.2, 0.25) is 26.2 Å². The Kier molecular flexibility index (Phi) is 37.3. The van der Waals surface area contributed by atoms with Crippen LogP contribution in [0.1, 0.15) is 5.56 Å². The molecule has 0 N–H and O–H groups in total. The predicted octanol–water partition coefficient (Wildman–Crippen LogP) is -6.08. The number of hydrogen-bond acceptors (Lipinski definition) is 2. The molecule has 0 fully saturated rings. The largest absolute Gasteiger partial charge is 4.00 e. The van der Waals surface area contributed by atoms with Crippen LogP contribution in [0.5, 0.6) is 0 Å². The van der Waals surface area contributed by atoms with E-state index >= 15 is 0 Å². The predicted molar refractivity (Wildman–Crippen MR) is 236 cm³/mol. The Morgan fingerprint density at radius 3 is 1.48 bits per heavy atom. The fraction of sp³-hybridized carbons (Fsp3) is 0.104. The number of fused-ring (bicyclic) bond motifs is 5. The molecule has 2 aliphatic heterocycles. The summed E-state index contributed by atoms with van der Waals surface area (Å²) in [6, 6.07) is 42.2. The van der Waals surface area contributed by atoms with Crippen LogP contribution in [-0.4, -0.2) is 40.6 Å². The van der Waals surface area contributed by atoms with Gasteiger partial charge in [0, 0.05) is 52.2 Å². The SMILES string of the molecule is C[Si](C)=CC1=CC2=CC=NC2=C1.C[Si](C)=CC1=CC2=CN=CC2=C1.Cc1cc2ccccc2[cH-]1.[Cl-].[Cl-].[Cl-].[Cl-].[Cl-].[Cl-].[Zr+4].[Zr+4].[Zr+4].c1ccc2[cH-]ccc2c1.c1ccc2[cH-]ccc2c1. The maximum Gasteiger partial charge on any atom is 4.00 e. The second kappa shape index (κ2) is 34.2. The van der Waals surface area contributed by atoms with E-state index in [1.807, 2.05) is 18.6 Å². The smallest absolute Gasteiger partial charge is 1.00 e. The number of halogens is 6. The van der Waals surface area contributed by atoms with Gasteiger partial charge < -0.3 is 74.4 Å². The van der Waals surface area contributed by atoms with Gasteiger partial charge in [-0.25, -0.2) is 0 Å². The molecule has 61 heavy (non-hydrogen) atoms. The molecule has 4 aliphatic rings. The zero-order chi connectivity index (χ0) is 36.3. The van der Waals surface area contributed by atoms with Crippen molar-refractivity contribution >= 4 is 72.9 Å². The number of allylic oxidation sites excluding steroid dienone is 9. The van der Waals surface area contributed by atoms with E-state index in [1.54, 1.807) is 0 Å². The average Bonchev–Trinajstić information content (AvgIpc) is 3.96. The quantitative estimate of drug-likeness (QED) is 0.122. The first-order valence-electron chi connectivity index (χ1n) is 17.8. The Hall–Kier alpha value is -1.17. The molecule has 0 radical (unpaired) electrons. The summed E-state index contributed by atoms with van der Waals surface area (Å²) in [6.45, 7) is 11.3. The van der Waals surface area contributed by atoms with Gasteiger partial charge in [-0.2, -0.15) is 41.1 Å². The normalized spacial score (nSPS) is 12.0. The summed E-state index contributed by atoms with van der Waals surface area (Å²) >= 11 is 0. The van der Waals surface area contributed by atoms with E-state index in [1.165, 1.54) is 65.7 Å². The van der Waals surface area contributed by atoms with Gasteiger partial charge in [-0.05, 0) is 41.5 Å². The molecule has 6 aromatic rings. The first-order valence-corrected chi connectivity index (χ1v) is 22.9. The van der Waals surface area contributed by atoms with Gasteiger partial charge in [-0.3, -0.25) is 9.98 Å². The summed E-state index contributed by atoms with van der Waals surface area (Å²) < 4.78 is 0. The van der Waals surface area contributed by atoms with Crippen LogP contribution in [-0.2, 0) is 78.6 Å². The number of aliphatic imine (C=N–C) groups is 2. The molecule has 0 spiro atoms. The van der Waals surface area contributed by atoms with E-state index in [2.05, 4.69) is 206 Å². The zero-order valence-corrected chi connectivity index (χ0v) is 48.4. The minimum absolute atomic E-state index is 0. The monoisotopic (exact) mass is 1180 g/mol. The van der Waals surface area contributed by atoms with Crippen LogP contribution < -0.4 is 74.4 Å². The van der Waals surface area contributed by atoms with E-state index in [4.69, 9.17) is 0 Å². The van der Waals surface area contributed by atoms with Crippen molar-refractivity contribution in [2.75, 3.05) is 0 Å². The second-order valence-corrected chi connectivity index (χ2v) is 18.5. The summed E-state index contributed by atoms with van der Waals surface area (Å²) in [7, 11) is -0.522. The van der Waals surface area contributed by atoms with Gasteiger partial charge >= 0.3 is 78.6 Å². The molecular formula is C48H45Cl6N2Si2Zr3+3. The van der Waals surface area contributed by atoms with Gasteiger partial charge in [0.05, 0.1) is 5.70 Å². The molecule has 0 amide bonds. The number of rotatable bonds is 2. The average molecular weight is 1190 g/mol. The van der Waals surface area contributed by atoms with Crippen molar-refractivity contribution in [3.05, 3.63) is 197 Å². The molecule has 0 aromatic heterocycles. The Balaban J connectivity index is -0.000000322. The summed E-state index contributed by atoms with van der Waals surface area (Å²) in [5.41, 5.74) is 13.7. The molecule has 2 aliphatic carbocycles. The maximum absolute atomic E-state index is 4.24. The van der Waals surface area contributed by atoms with Crippen molar-refractivity contribution in [3.8, 4) is 0 Å². The van der Waals surface area contributed by atoms with Crippen LogP contribution in [0.25, 0.3) is 32.3 Å². The summed E-state index contributed by atoms with van der Waals surface area (Å²) in [5, 5.41) is 8.02. The number of hydrogen-bond donors (Lipinski definition) is 0. The molecule has 2 heterocycles. The van der Waals surface area contributed by atoms with Crippen molar-refractivity contribution < 1.29 is 153 Å². The fourth-order valence-electron chi connectivity index (χ4n) is 6.25. The van der Waals surface area contributed by atoms with Crippen LogP contribution in [0.4, 0.5) is 0 Å². The fourth-order valence-corrected chi connectivity index (χ4v) is 7.91. The van der Waals surface area contributed by atoms with E-state index in [9.17, 15) is 0 Å². The molecule has 13 heteroatoms. The summed E-state index contributed by atoms with van der Waals surface area (Å²) in [4.78, 5) is 8.31. The van der Waals surface area contributed by atoms with Crippen molar-refractivity contribution in [1.82, 2.24) is 0 Å². The molecule has 6 aromatic carbocycles. The van der Waals surface area contributed by atoms with Crippen molar-refractivity contribution in [3.63, 3.8) is 0 Å². The zero-order valence-electron chi connectivity index (χ0n) is 34.5. The minimum Gasteiger partial charge on any atom is -1.00 e. The molecule has 0 atom stereocenters. The Bertz CT molecular complexity index is 2310. The standard InChI is InChI=1S/2C10H11NSi.C10H9.2C9H7.6ClH.3Zr/c1-12(2)7-8-3-9-5-11-6-10(9)4-8;1-12(2)7-8-5-9-3-4-11-10(9)6-8;1-8-6-9-4-2-3-5-10(9)7-8;2*1-2-5-9-7-3-6-8(9)4-1;;;;;;;;;/h2*3-7H,1-2H3;2-7H,1H3;2*1-7H;6*1H;;;/q;;3*-1;;;;;;;3*+4/p-6. The van der Waals surface area contributed by atoms with Gasteiger partial charge in [0.2, 0.25) is 0 Å². The van der Waals surface area contributed by atoms with Crippen molar-refractivity contribution in [2.45, 2.75) is 33.1 Å². The second-order valence-electron chi connectivity index (χ2n) is 13.6. The third-order valence-corrected chi connectivity index (χ3v) is 10.4. The first-order chi connectivity index (χ1) is 25.3. The van der Waals surface area contributed by atoms with Crippen LogP contribution in [0.15, 0.2) is 201 Å². The summed E-state index contributed by atoms with van der Waals surface area (Å²) in [6.07, 6.45) is 16.5. The van der Waals surface area contributed by atoms with Crippen molar-refractivity contribution in [1.29, 1.82) is 0 Å². The first kappa shape index (κ1) is 66.4. The van der Waals surface area contributed by atoms with E-state index < -0.39 is 0 Å². The molecular weight excluding hydrogens is 1150 g/mol. The number of benzene rings is 3. The third kappa shape index (κ3) is 20.7. The molecule has 0 saturated carbocycles. The van der Waals surface area contributed by atoms with Crippen LogP contribution in [0.3, 0.4) is 0 Å². The van der Waals surface area contributed by atoms with Gasteiger partial charge in [0.15, 0.2) is 0 Å². The maximum atomic E-state index is 4.24. The Labute approximate surface area is 460 Å². The van der Waals surface area contributed by atoms with Gasteiger partial charge in [0.25, 0.3) is 0 Å². The Morgan fingerprint density at radius 2 is 1.00 bits per heavy atom. The Morgan fingerprint density at radius 1 is 0.525 bits per heavy atom. The third-order valence-electron chi connectivity index (χ3n) is 8.56.